The van der Waals surface area contributed by atoms with Crippen molar-refractivity contribution < 1.29 is 0 Å². The lowest BCUT2D eigenvalue weighted by molar-refractivity contribution is 0.760. The second-order valence-corrected chi connectivity index (χ2v) is 4.26. The minimum atomic E-state index is 0.600. The topological polar surface area (TPSA) is 12.0 Å². The normalized spacial score (nSPS) is 15.5. The van der Waals surface area contributed by atoms with Gasteiger partial charge in [-0.05, 0) is 30.0 Å². The van der Waals surface area contributed by atoms with Crippen LogP contribution in [-0.4, -0.2) is 6.54 Å². The number of hydrogen-bond donors (Lipinski definition) is 1. The Kier molecular flexibility index (Phi) is 3.30. The Morgan fingerprint density at radius 1 is 1.21 bits per heavy atom. The van der Waals surface area contributed by atoms with Gasteiger partial charge in [0, 0.05) is 18.1 Å². The van der Waals surface area contributed by atoms with Gasteiger partial charge in [-0.15, -0.1) is 11.6 Å². The van der Waals surface area contributed by atoms with Crippen molar-refractivity contribution in [3.05, 3.63) is 29.8 Å². The lowest BCUT2D eigenvalue weighted by Gasteiger charge is -2.05. The molecule has 1 N–H and O–H groups in total. The summed E-state index contributed by atoms with van der Waals surface area (Å²) in [6.07, 6.45) is 4.19. The van der Waals surface area contributed by atoms with Crippen molar-refractivity contribution in [3.8, 4) is 0 Å². The molecule has 0 radical (unpaired) electrons. The molecule has 1 aromatic carbocycles. The molecule has 0 saturated heterocycles. The van der Waals surface area contributed by atoms with E-state index in [1.807, 2.05) is 0 Å². The monoisotopic (exact) mass is 209 g/mol. The smallest absolute Gasteiger partial charge is 0.0474 e. The molecule has 0 atom stereocenters. The minimum Gasteiger partial charge on any atom is -0.385 e. The number of rotatable bonds is 5. The van der Waals surface area contributed by atoms with Gasteiger partial charge in [0.1, 0.15) is 0 Å². The van der Waals surface area contributed by atoms with Crippen molar-refractivity contribution in [2.75, 3.05) is 11.9 Å². The Labute approximate surface area is 90.5 Å². The third kappa shape index (κ3) is 2.91. The van der Waals surface area contributed by atoms with E-state index in [1.54, 1.807) is 0 Å². The number of anilines is 1. The van der Waals surface area contributed by atoms with E-state index in [2.05, 4.69) is 29.6 Å². The average molecular weight is 210 g/mol. The van der Waals surface area contributed by atoms with E-state index in [9.17, 15) is 0 Å². The van der Waals surface area contributed by atoms with Crippen LogP contribution in [0.25, 0.3) is 0 Å². The first-order valence-electron chi connectivity index (χ1n) is 5.27. The van der Waals surface area contributed by atoms with Crippen LogP contribution in [0.1, 0.15) is 24.8 Å². The number of benzene rings is 1. The molecule has 1 aromatic rings. The summed E-state index contributed by atoms with van der Waals surface area (Å²) >= 11 is 5.71. The van der Waals surface area contributed by atoms with Crippen molar-refractivity contribution in [1.29, 1.82) is 0 Å². The van der Waals surface area contributed by atoms with Crippen LogP contribution < -0.4 is 5.32 Å². The zero-order valence-corrected chi connectivity index (χ0v) is 9.06. The highest BCUT2D eigenvalue weighted by Gasteiger charge is 2.19. The van der Waals surface area contributed by atoms with Gasteiger partial charge in [-0.2, -0.15) is 0 Å². The third-order valence-electron chi connectivity index (χ3n) is 2.69. The molecule has 2 rings (SSSR count). The third-order valence-corrected chi connectivity index (χ3v) is 3.00. The molecule has 1 saturated carbocycles. The molecule has 0 aliphatic heterocycles. The Morgan fingerprint density at radius 2 is 1.93 bits per heavy atom. The van der Waals surface area contributed by atoms with Crippen molar-refractivity contribution in [3.63, 3.8) is 0 Å². The summed E-state index contributed by atoms with van der Waals surface area (Å²) in [6.45, 7) is 1.10. The molecular formula is C12H16ClN. The van der Waals surface area contributed by atoms with Gasteiger partial charge in [-0.3, -0.25) is 0 Å². The molecule has 1 aliphatic rings. The standard InChI is InChI=1S/C12H16ClN/c13-9-11-3-5-12(6-4-11)14-8-7-10-1-2-10/h3-6,10,14H,1-2,7-9H2. The summed E-state index contributed by atoms with van der Waals surface area (Å²) in [6, 6.07) is 8.36. The Hall–Kier alpha value is -0.690. The van der Waals surface area contributed by atoms with Gasteiger partial charge in [-0.25, -0.2) is 0 Å². The fraction of sp³-hybridized carbons (Fsp3) is 0.500. The molecule has 1 aliphatic carbocycles. The van der Waals surface area contributed by atoms with Crippen LogP contribution in [0.4, 0.5) is 5.69 Å². The summed E-state index contributed by atoms with van der Waals surface area (Å²) < 4.78 is 0. The van der Waals surface area contributed by atoms with E-state index in [-0.39, 0.29) is 0 Å². The zero-order valence-electron chi connectivity index (χ0n) is 8.30. The van der Waals surface area contributed by atoms with E-state index in [1.165, 1.54) is 30.5 Å². The van der Waals surface area contributed by atoms with E-state index >= 15 is 0 Å². The van der Waals surface area contributed by atoms with E-state index in [4.69, 9.17) is 11.6 Å². The lowest BCUT2D eigenvalue weighted by atomic mass is 10.2. The van der Waals surface area contributed by atoms with Gasteiger partial charge in [0.05, 0.1) is 0 Å². The number of halogens is 1. The van der Waals surface area contributed by atoms with Crippen LogP contribution in [-0.2, 0) is 5.88 Å². The molecule has 0 amide bonds. The van der Waals surface area contributed by atoms with Crippen molar-refractivity contribution in [2.24, 2.45) is 5.92 Å². The molecule has 1 fully saturated rings. The first kappa shape index (κ1) is 9.85. The highest BCUT2D eigenvalue weighted by molar-refractivity contribution is 6.17. The van der Waals surface area contributed by atoms with Crippen molar-refractivity contribution >= 4 is 17.3 Å². The number of hydrogen-bond acceptors (Lipinski definition) is 1. The van der Waals surface area contributed by atoms with Crippen LogP contribution in [0.3, 0.4) is 0 Å². The quantitative estimate of drug-likeness (QED) is 0.731. The number of nitrogens with one attached hydrogen (secondary N) is 1. The highest BCUT2D eigenvalue weighted by Crippen LogP contribution is 2.32. The van der Waals surface area contributed by atoms with Crippen LogP contribution >= 0.6 is 11.6 Å². The maximum atomic E-state index is 5.71. The maximum Gasteiger partial charge on any atom is 0.0474 e. The first-order chi connectivity index (χ1) is 6.88. The van der Waals surface area contributed by atoms with Gasteiger partial charge >= 0.3 is 0 Å². The molecule has 0 heterocycles. The molecular weight excluding hydrogens is 194 g/mol. The summed E-state index contributed by atoms with van der Waals surface area (Å²) in [5.41, 5.74) is 2.39. The molecule has 0 aromatic heterocycles. The maximum absolute atomic E-state index is 5.71. The van der Waals surface area contributed by atoms with Crippen molar-refractivity contribution in [1.82, 2.24) is 0 Å². The summed E-state index contributed by atoms with van der Waals surface area (Å²) in [7, 11) is 0. The molecule has 0 bridgehead atoms. The molecule has 14 heavy (non-hydrogen) atoms. The average Bonchev–Trinajstić information content (AvgIpc) is 3.03. The van der Waals surface area contributed by atoms with Gasteiger partial charge in [0.25, 0.3) is 0 Å². The first-order valence-corrected chi connectivity index (χ1v) is 5.81. The Balaban J connectivity index is 1.77. The fourth-order valence-corrected chi connectivity index (χ4v) is 1.72. The Morgan fingerprint density at radius 3 is 2.50 bits per heavy atom. The second-order valence-electron chi connectivity index (χ2n) is 3.99. The molecule has 1 nitrogen and oxygen atoms in total. The Bertz CT molecular complexity index is 277. The van der Waals surface area contributed by atoms with Crippen molar-refractivity contribution in [2.45, 2.75) is 25.1 Å². The predicted molar refractivity (Wildman–Crippen MR) is 61.8 cm³/mol. The van der Waals surface area contributed by atoms with E-state index < -0.39 is 0 Å². The van der Waals surface area contributed by atoms with E-state index in [0.29, 0.717) is 5.88 Å². The minimum absolute atomic E-state index is 0.600. The molecule has 0 unspecified atom stereocenters. The summed E-state index contributed by atoms with van der Waals surface area (Å²) in [5, 5.41) is 3.42. The largest absolute Gasteiger partial charge is 0.385 e. The van der Waals surface area contributed by atoms with Crippen LogP contribution in [0.2, 0.25) is 0 Å². The van der Waals surface area contributed by atoms with E-state index in [0.717, 1.165) is 12.5 Å². The second kappa shape index (κ2) is 4.70. The van der Waals surface area contributed by atoms with Gasteiger partial charge < -0.3 is 5.32 Å². The fourth-order valence-electron chi connectivity index (χ4n) is 1.54. The predicted octanol–water partition coefficient (Wildman–Crippen LogP) is 3.64. The summed E-state index contributed by atoms with van der Waals surface area (Å²) in [4.78, 5) is 0. The molecule has 2 heteroatoms. The van der Waals surface area contributed by atoms with Crippen LogP contribution in [0.5, 0.6) is 0 Å². The van der Waals surface area contributed by atoms with Gasteiger partial charge in [-0.1, -0.05) is 25.0 Å². The van der Waals surface area contributed by atoms with Crippen LogP contribution in [0, 0.1) is 5.92 Å². The highest BCUT2D eigenvalue weighted by atomic mass is 35.5. The SMILES string of the molecule is ClCc1ccc(NCCC2CC2)cc1. The molecule has 0 spiro atoms. The van der Waals surface area contributed by atoms with Gasteiger partial charge in [0.15, 0.2) is 0 Å². The zero-order chi connectivity index (χ0) is 9.80. The lowest BCUT2D eigenvalue weighted by Crippen LogP contribution is -2.01. The summed E-state index contributed by atoms with van der Waals surface area (Å²) in [5.74, 6) is 1.60. The molecule has 76 valence electrons. The van der Waals surface area contributed by atoms with Crippen LogP contribution in [0.15, 0.2) is 24.3 Å². The number of alkyl halides is 1. The van der Waals surface area contributed by atoms with Gasteiger partial charge in [0.2, 0.25) is 0 Å².